The maximum atomic E-state index is 11.3. The molecule has 0 spiro atoms. The topological polar surface area (TPSA) is 47.0 Å². The number of carbonyl (C=O) groups excluding carboxylic acids is 2. The highest BCUT2D eigenvalue weighted by molar-refractivity contribution is 7.03. The molecular formula is C9H5NO2S. The average molecular weight is 191 g/mol. The van der Waals surface area contributed by atoms with Crippen LogP contribution >= 0.6 is 11.5 Å². The molecule has 0 aliphatic heterocycles. The van der Waals surface area contributed by atoms with E-state index >= 15 is 0 Å². The van der Waals surface area contributed by atoms with E-state index in [2.05, 4.69) is 4.37 Å². The number of hydrogen-bond acceptors (Lipinski definition) is 4. The first-order valence-corrected chi connectivity index (χ1v) is 4.50. The van der Waals surface area contributed by atoms with Gasteiger partial charge >= 0.3 is 0 Å². The molecule has 0 N–H and O–H groups in total. The third-order valence-corrected chi connectivity index (χ3v) is 2.22. The molecule has 0 aromatic carbocycles. The van der Waals surface area contributed by atoms with Gasteiger partial charge in [0.15, 0.2) is 11.6 Å². The van der Waals surface area contributed by atoms with E-state index in [1.165, 1.54) is 29.8 Å². The Balaban J connectivity index is 2.44. The Morgan fingerprint density at radius 1 is 1.23 bits per heavy atom. The Hall–Kier alpha value is -1.55. The van der Waals surface area contributed by atoms with Crippen molar-refractivity contribution in [3.05, 3.63) is 35.4 Å². The van der Waals surface area contributed by atoms with Gasteiger partial charge in [0.1, 0.15) is 0 Å². The van der Waals surface area contributed by atoms with E-state index in [1.807, 2.05) is 0 Å². The van der Waals surface area contributed by atoms with Crippen LogP contribution in [0.4, 0.5) is 0 Å². The second-order valence-corrected chi connectivity index (χ2v) is 3.21. The highest BCUT2D eigenvalue weighted by Gasteiger charge is 2.16. The summed E-state index contributed by atoms with van der Waals surface area (Å²) in [7, 11) is 0. The standard InChI is InChI=1S/C9H5NO2S/c11-6-1-2-9(12)7(5-6)8-3-4-13-10-8/h1-5H. The third-order valence-electron chi connectivity index (χ3n) is 1.66. The highest BCUT2D eigenvalue weighted by Crippen LogP contribution is 2.18. The lowest BCUT2D eigenvalue weighted by molar-refractivity contribution is -0.113. The molecule has 64 valence electrons. The number of nitrogens with zero attached hydrogens (tertiary/aromatic N) is 1. The van der Waals surface area contributed by atoms with Crippen LogP contribution in [0, 0.1) is 0 Å². The maximum Gasteiger partial charge on any atom is 0.188 e. The van der Waals surface area contributed by atoms with Crippen LogP contribution in [0.25, 0.3) is 5.57 Å². The van der Waals surface area contributed by atoms with Crippen molar-refractivity contribution in [1.82, 2.24) is 4.37 Å². The fourth-order valence-electron chi connectivity index (χ4n) is 1.06. The lowest BCUT2D eigenvalue weighted by Gasteiger charge is -2.01. The minimum atomic E-state index is -0.164. The van der Waals surface area contributed by atoms with Crippen LogP contribution in [-0.2, 0) is 9.59 Å². The van der Waals surface area contributed by atoms with E-state index in [4.69, 9.17) is 0 Å². The number of ketones is 2. The highest BCUT2D eigenvalue weighted by atomic mass is 32.1. The first-order chi connectivity index (χ1) is 6.27. The summed E-state index contributed by atoms with van der Waals surface area (Å²) in [5, 5.41) is 1.77. The number of allylic oxidation sites excluding steroid dienone is 4. The summed E-state index contributed by atoms with van der Waals surface area (Å²) < 4.78 is 3.99. The van der Waals surface area contributed by atoms with Crippen LogP contribution in [0.3, 0.4) is 0 Å². The minimum absolute atomic E-state index is 0.162. The molecule has 0 fully saturated rings. The van der Waals surface area contributed by atoms with Crippen molar-refractivity contribution in [2.75, 3.05) is 0 Å². The fraction of sp³-hybridized carbons (Fsp3) is 0. The number of aromatic nitrogens is 1. The van der Waals surface area contributed by atoms with Crippen molar-refractivity contribution in [2.45, 2.75) is 0 Å². The molecule has 0 unspecified atom stereocenters. The summed E-state index contributed by atoms with van der Waals surface area (Å²) >= 11 is 1.26. The summed E-state index contributed by atoms with van der Waals surface area (Å²) in [5.41, 5.74) is 0.960. The van der Waals surface area contributed by atoms with Crippen LogP contribution < -0.4 is 0 Å². The molecule has 1 aliphatic rings. The molecular weight excluding hydrogens is 186 g/mol. The van der Waals surface area contributed by atoms with Crippen LogP contribution in [0.2, 0.25) is 0 Å². The predicted molar refractivity (Wildman–Crippen MR) is 49.2 cm³/mol. The molecule has 0 radical (unpaired) electrons. The molecule has 0 saturated heterocycles. The third kappa shape index (κ3) is 1.48. The number of carbonyl (C=O) groups is 2. The average Bonchev–Trinajstić information content (AvgIpc) is 2.61. The summed E-state index contributed by atoms with van der Waals surface area (Å²) in [6.07, 6.45) is 3.85. The van der Waals surface area contributed by atoms with Gasteiger partial charge in [0, 0.05) is 5.38 Å². The molecule has 1 aliphatic carbocycles. The van der Waals surface area contributed by atoms with Crippen LogP contribution in [0.5, 0.6) is 0 Å². The van der Waals surface area contributed by atoms with Gasteiger partial charge in [-0.05, 0) is 35.8 Å². The van der Waals surface area contributed by atoms with Gasteiger partial charge in [-0.25, -0.2) is 0 Å². The number of rotatable bonds is 1. The zero-order valence-electron chi connectivity index (χ0n) is 6.56. The molecule has 3 nitrogen and oxygen atoms in total. The minimum Gasteiger partial charge on any atom is -0.290 e. The Bertz CT molecular complexity index is 415. The van der Waals surface area contributed by atoms with Crippen LogP contribution in [-0.4, -0.2) is 15.9 Å². The van der Waals surface area contributed by atoms with E-state index in [9.17, 15) is 9.59 Å². The van der Waals surface area contributed by atoms with Gasteiger partial charge in [0.05, 0.1) is 11.3 Å². The smallest absolute Gasteiger partial charge is 0.188 e. The van der Waals surface area contributed by atoms with Gasteiger partial charge in [0.2, 0.25) is 0 Å². The lowest BCUT2D eigenvalue weighted by Crippen LogP contribution is -2.06. The summed E-state index contributed by atoms with van der Waals surface area (Å²) in [5.74, 6) is -0.326. The first-order valence-electron chi connectivity index (χ1n) is 3.66. The Morgan fingerprint density at radius 2 is 2.08 bits per heavy atom. The molecule has 1 aromatic heterocycles. The van der Waals surface area contributed by atoms with E-state index in [0.29, 0.717) is 11.3 Å². The molecule has 0 saturated carbocycles. The van der Waals surface area contributed by atoms with Gasteiger partial charge in [-0.1, -0.05) is 0 Å². The lowest BCUT2D eigenvalue weighted by atomic mass is 10.0. The molecule has 0 atom stereocenters. The van der Waals surface area contributed by atoms with Crippen molar-refractivity contribution in [1.29, 1.82) is 0 Å². The van der Waals surface area contributed by atoms with E-state index in [-0.39, 0.29) is 11.6 Å². The van der Waals surface area contributed by atoms with Gasteiger partial charge < -0.3 is 0 Å². The normalized spacial score (nSPS) is 16.2. The zero-order valence-corrected chi connectivity index (χ0v) is 7.38. The van der Waals surface area contributed by atoms with E-state index in [0.717, 1.165) is 0 Å². The molecule has 1 aromatic rings. The molecule has 13 heavy (non-hydrogen) atoms. The summed E-state index contributed by atoms with van der Waals surface area (Å²) in [6.45, 7) is 0. The van der Waals surface area contributed by atoms with Gasteiger partial charge in [0.25, 0.3) is 0 Å². The Kier molecular flexibility index (Phi) is 1.90. The van der Waals surface area contributed by atoms with Gasteiger partial charge in [-0.3, -0.25) is 9.59 Å². The first kappa shape index (κ1) is 8.07. The van der Waals surface area contributed by atoms with Crippen molar-refractivity contribution >= 4 is 28.7 Å². The van der Waals surface area contributed by atoms with Crippen molar-refractivity contribution in [3.63, 3.8) is 0 Å². The van der Waals surface area contributed by atoms with E-state index < -0.39 is 0 Å². The second-order valence-electron chi connectivity index (χ2n) is 2.54. The summed E-state index contributed by atoms with van der Waals surface area (Å²) in [4.78, 5) is 22.3. The molecule has 4 heteroatoms. The Labute approximate surface area is 78.6 Å². The SMILES string of the molecule is O=C1C=CC(=O)C(c2ccsn2)=C1. The molecule has 2 rings (SSSR count). The molecule has 0 bridgehead atoms. The van der Waals surface area contributed by atoms with Crippen molar-refractivity contribution < 1.29 is 9.59 Å². The summed E-state index contributed by atoms with van der Waals surface area (Å²) in [6, 6.07) is 1.72. The van der Waals surface area contributed by atoms with E-state index in [1.54, 1.807) is 11.4 Å². The van der Waals surface area contributed by atoms with Gasteiger partial charge in [-0.2, -0.15) is 4.37 Å². The maximum absolute atomic E-state index is 11.3. The van der Waals surface area contributed by atoms with Gasteiger partial charge in [-0.15, -0.1) is 0 Å². The fourth-order valence-corrected chi connectivity index (χ4v) is 1.58. The largest absolute Gasteiger partial charge is 0.290 e. The monoisotopic (exact) mass is 191 g/mol. The van der Waals surface area contributed by atoms with Crippen LogP contribution in [0.15, 0.2) is 29.7 Å². The second kappa shape index (κ2) is 3.06. The number of hydrogen-bond donors (Lipinski definition) is 0. The van der Waals surface area contributed by atoms with Crippen LogP contribution in [0.1, 0.15) is 5.69 Å². The quantitative estimate of drug-likeness (QED) is 0.627. The zero-order chi connectivity index (χ0) is 9.26. The predicted octanol–water partition coefficient (Wildman–Crippen LogP) is 1.23. The van der Waals surface area contributed by atoms with Crippen molar-refractivity contribution in [2.24, 2.45) is 0 Å². The Morgan fingerprint density at radius 3 is 2.77 bits per heavy atom. The molecule has 0 amide bonds. The molecule has 1 heterocycles. The van der Waals surface area contributed by atoms with Crippen molar-refractivity contribution in [3.8, 4) is 0 Å².